The number of nitrogens with zero attached hydrogens (tertiary/aromatic N) is 2. The zero-order chi connectivity index (χ0) is 13.3. The Hall–Kier alpha value is -0.980. The summed E-state index contributed by atoms with van der Waals surface area (Å²) in [6.45, 7) is 0. The Morgan fingerprint density at radius 3 is 2.44 bits per heavy atom. The molecule has 18 heavy (non-hydrogen) atoms. The highest BCUT2D eigenvalue weighted by Crippen LogP contribution is 2.29. The van der Waals surface area contributed by atoms with E-state index in [1.54, 1.807) is 0 Å². The van der Waals surface area contributed by atoms with E-state index in [2.05, 4.69) is 31.4 Å². The van der Waals surface area contributed by atoms with Gasteiger partial charge in [-0.05, 0) is 22.0 Å². The number of aromatic nitrogens is 2. The molecule has 2 rings (SSSR count). The third kappa shape index (κ3) is 2.88. The first kappa shape index (κ1) is 13.5. The molecule has 94 valence electrons. The van der Waals surface area contributed by atoms with Crippen LogP contribution in [0.2, 0.25) is 10.3 Å². The number of hydrogen-bond acceptors (Lipinski definition) is 3. The first-order valence-electron chi connectivity index (χ1n) is 4.57. The predicted molar refractivity (Wildman–Crippen MR) is 69.4 cm³/mol. The van der Waals surface area contributed by atoms with Crippen molar-refractivity contribution < 1.29 is 8.78 Å². The van der Waals surface area contributed by atoms with E-state index < -0.39 is 11.6 Å². The van der Waals surface area contributed by atoms with Crippen molar-refractivity contribution in [3.63, 3.8) is 0 Å². The fourth-order valence-corrected chi connectivity index (χ4v) is 1.81. The van der Waals surface area contributed by atoms with E-state index >= 15 is 0 Å². The quantitative estimate of drug-likeness (QED) is 0.803. The van der Waals surface area contributed by atoms with Crippen LogP contribution in [0.3, 0.4) is 0 Å². The Morgan fingerprint density at radius 2 is 1.72 bits per heavy atom. The summed E-state index contributed by atoms with van der Waals surface area (Å²) in [5, 5.41) is 9.72. The molecule has 0 spiro atoms. The zero-order valence-corrected chi connectivity index (χ0v) is 11.6. The fourth-order valence-electron chi connectivity index (χ4n) is 1.20. The van der Waals surface area contributed by atoms with Crippen LogP contribution < -0.4 is 5.32 Å². The van der Waals surface area contributed by atoms with Gasteiger partial charge in [0.25, 0.3) is 0 Å². The second-order valence-corrected chi connectivity index (χ2v) is 4.84. The maximum Gasteiger partial charge on any atom is 0.175 e. The Kier molecular flexibility index (Phi) is 3.99. The van der Waals surface area contributed by atoms with E-state index in [-0.39, 0.29) is 26.2 Å². The molecular formula is C10H4BrCl2F2N3. The van der Waals surface area contributed by atoms with E-state index in [0.717, 1.165) is 12.1 Å². The average molecular weight is 355 g/mol. The van der Waals surface area contributed by atoms with Gasteiger partial charge in [-0.25, -0.2) is 8.78 Å². The monoisotopic (exact) mass is 353 g/mol. The second-order valence-electron chi connectivity index (χ2n) is 3.24. The molecule has 8 heteroatoms. The first-order valence-corrected chi connectivity index (χ1v) is 6.12. The molecule has 2 aromatic rings. The molecule has 0 aliphatic heterocycles. The first-order chi connectivity index (χ1) is 8.47. The van der Waals surface area contributed by atoms with Crippen molar-refractivity contribution in [1.29, 1.82) is 0 Å². The smallest absolute Gasteiger partial charge is 0.175 e. The van der Waals surface area contributed by atoms with Gasteiger partial charge in [0.1, 0.15) is 11.6 Å². The molecule has 0 saturated carbocycles. The number of rotatable bonds is 2. The molecule has 0 unspecified atom stereocenters. The van der Waals surface area contributed by atoms with Gasteiger partial charge in [0.2, 0.25) is 0 Å². The van der Waals surface area contributed by atoms with Gasteiger partial charge < -0.3 is 5.32 Å². The van der Waals surface area contributed by atoms with Crippen molar-refractivity contribution in [2.45, 2.75) is 0 Å². The van der Waals surface area contributed by atoms with Crippen LogP contribution in [0.15, 0.2) is 22.7 Å². The third-order valence-corrected chi connectivity index (χ3v) is 3.07. The fraction of sp³-hybridized carbons (Fsp3) is 0. The molecule has 1 heterocycles. The Balaban J connectivity index is 2.40. The van der Waals surface area contributed by atoms with E-state index in [0.29, 0.717) is 0 Å². The maximum absolute atomic E-state index is 13.6. The van der Waals surface area contributed by atoms with Gasteiger partial charge in [-0.3, -0.25) is 0 Å². The molecule has 0 amide bonds. The van der Waals surface area contributed by atoms with Gasteiger partial charge in [-0.1, -0.05) is 23.2 Å². The molecule has 0 bridgehead atoms. The van der Waals surface area contributed by atoms with Crippen LogP contribution in [0.4, 0.5) is 20.2 Å². The van der Waals surface area contributed by atoms with Crippen LogP contribution in [0, 0.1) is 11.6 Å². The molecule has 1 aromatic carbocycles. The van der Waals surface area contributed by atoms with Gasteiger partial charge in [0.05, 0.1) is 15.8 Å². The van der Waals surface area contributed by atoms with E-state index in [9.17, 15) is 8.78 Å². The summed E-state index contributed by atoms with van der Waals surface area (Å²) in [5.41, 5.74) is 0.152. The lowest BCUT2D eigenvalue weighted by molar-refractivity contribution is 0.598. The van der Waals surface area contributed by atoms with Crippen LogP contribution >= 0.6 is 39.1 Å². The van der Waals surface area contributed by atoms with Crippen molar-refractivity contribution in [1.82, 2.24) is 10.2 Å². The van der Waals surface area contributed by atoms with Crippen LogP contribution in [0.5, 0.6) is 0 Å². The van der Waals surface area contributed by atoms with Crippen molar-refractivity contribution in [3.05, 3.63) is 44.6 Å². The lowest BCUT2D eigenvalue weighted by atomic mass is 10.3. The highest BCUT2D eigenvalue weighted by atomic mass is 79.9. The summed E-state index contributed by atoms with van der Waals surface area (Å²) < 4.78 is 26.9. The molecule has 3 nitrogen and oxygen atoms in total. The largest absolute Gasteiger partial charge is 0.350 e. The summed E-state index contributed by atoms with van der Waals surface area (Å²) in [5.74, 6) is -1.25. The van der Waals surface area contributed by atoms with Gasteiger partial charge in [0, 0.05) is 12.1 Å². The minimum Gasteiger partial charge on any atom is -0.350 e. The second kappa shape index (κ2) is 5.34. The van der Waals surface area contributed by atoms with E-state index in [4.69, 9.17) is 23.2 Å². The Bertz CT molecular complexity index is 610. The van der Waals surface area contributed by atoms with Crippen molar-refractivity contribution in [2.24, 2.45) is 0 Å². The van der Waals surface area contributed by atoms with Crippen molar-refractivity contribution >= 4 is 50.5 Å². The highest BCUT2D eigenvalue weighted by Gasteiger charge is 2.11. The Labute approximate surface area is 119 Å². The van der Waals surface area contributed by atoms with Crippen molar-refractivity contribution in [3.8, 4) is 0 Å². The highest BCUT2D eigenvalue weighted by molar-refractivity contribution is 9.10. The van der Waals surface area contributed by atoms with Gasteiger partial charge in [-0.15, -0.1) is 10.2 Å². The summed E-state index contributed by atoms with van der Waals surface area (Å²) in [4.78, 5) is 0. The molecule has 0 fully saturated rings. The van der Waals surface area contributed by atoms with Crippen LogP contribution in [-0.4, -0.2) is 10.2 Å². The minimum atomic E-state index is -0.646. The predicted octanol–water partition coefficient (Wildman–Crippen LogP) is 4.57. The molecular weight excluding hydrogens is 351 g/mol. The molecule has 1 N–H and O–H groups in total. The standard InChI is InChI=1S/C10H4BrCl2F2N3/c11-4-1-6(15)7(2-5(4)14)16-8-3-9(12)17-18-10(8)13/h1-3H,(H,16,17). The van der Waals surface area contributed by atoms with Crippen molar-refractivity contribution in [2.75, 3.05) is 5.32 Å². The molecule has 0 radical (unpaired) electrons. The number of benzene rings is 1. The number of hydrogen-bond donors (Lipinski definition) is 1. The SMILES string of the molecule is Fc1cc(Nc2cc(Cl)nnc2Cl)c(F)cc1Br. The number of nitrogens with one attached hydrogen (secondary N) is 1. The van der Waals surface area contributed by atoms with Gasteiger partial charge in [0.15, 0.2) is 10.3 Å². The summed E-state index contributed by atoms with van der Waals surface area (Å²) in [6.07, 6.45) is 0. The molecule has 0 saturated heterocycles. The minimum absolute atomic E-state index is 0.00197. The molecule has 0 aliphatic rings. The molecule has 0 aliphatic carbocycles. The lowest BCUT2D eigenvalue weighted by Gasteiger charge is -2.09. The summed E-state index contributed by atoms with van der Waals surface area (Å²) in [6, 6.07) is 3.35. The Morgan fingerprint density at radius 1 is 1.00 bits per heavy atom. The number of halogens is 5. The topological polar surface area (TPSA) is 37.8 Å². The van der Waals surface area contributed by atoms with Crippen LogP contribution in [0.25, 0.3) is 0 Å². The number of anilines is 2. The van der Waals surface area contributed by atoms with E-state index in [1.165, 1.54) is 6.07 Å². The van der Waals surface area contributed by atoms with Crippen LogP contribution in [0.1, 0.15) is 0 Å². The normalized spacial score (nSPS) is 10.5. The summed E-state index contributed by atoms with van der Waals surface area (Å²) in [7, 11) is 0. The van der Waals surface area contributed by atoms with Gasteiger partial charge >= 0.3 is 0 Å². The third-order valence-electron chi connectivity index (χ3n) is 2.00. The zero-order valence-electron chi connectivity index (χ0n) is 8.52. The average Bonchev–Trinajstić information content (AvgIpc) is 2.30. The van der Waals surface area contributed by atoms with Crippen LogP contribution in [-0.2, 0) is 0 Å². The maximum atomic E-state index is 13.6. The lowest BCUT2D eigenvalue weighted by Crippen LogP contribution is -1.98. The van der Waals surface area contributed by atoms with Gasteiger partial charge in [-0.2, -0.15) is 0 Å². The molecule has 0 atom stereocenters. The van der Waals surface area contributed by atoms with E-state index in [1.807, 2.05) is 0 Å². The molecule has 1 aromatic heterocycles. The summed E-state index contributed by atoms with van der Waals surface area (Å²) >= 11 is 14.3.